The highest BCUT2D eigenvalue weighted by Gasteiger charge is 2.23. The topological polar surface area (TPSA) is 53.4 Å². The van der Waals surface area contributed by atoms with Crippen LogP contribution in [0, 0.1) is 5.41 Å². The largest absolute Gasteiger partial charge is 0.478 e. The van der Waals surface area contributed by atoms with E-state index in [1.165, 1.54) is 25.5 Å². The van der Waals surface area contributed by atoms with E-state index in [0.29, 0.717) is 5.41 Å². The maximum atomic E-state index is 10.8. The van der Waals surface area contributed by atoms with Crippen molar-refractivity contribution in [1.29, 1.82) is 0 Å². The molecule has 2 rings (SSSR count). The molecule has 0 bridgehead atoms. The van der Waals surface area contributed by atoms with Crippen LogP contribution in [0.2, 0.25) is 0 Å². The molecule has 0 amide bonds. The molecule has 0 radical (unpaired) electrons. The number of pyridine rings is 1. The Morgan fingerprint density at radius 2 is 2.16 bits per heavy atom. The third-order valence-electron chi connectivity index (χ3n) is 3.89. The zero-order valence-corrected chi connectivity index (χ0v) is 11.7. The summed E-state index contributed by atoms with van der Waals surface area (Å²) in [5, 5.41) is 8.84. The van der Waals surface area contributed by atoms with Crippen LogP contribution in [0.3, 0.4) is 0 Å². The molecule has 1 fully saturated rings. The molecule has 4 nitrogen and oxygen atoms in total. The van der Waals surface area contributed by atoms with E-state index >= 15 is 0 Å². The summed E-state index contributed by atoms with van der Waals surface area (Å²) in [6.07, 6.45) is 5.15. The number of aromatic carboxylic acids is 1. The molecule has 0 aromatic carbocycles. The number of carboxylic acid groups (broad SMARTS) is 1. The minimum Gasteiger partial charge on any atom is -0.478 e. The van der Waals surface area contributed by atoms with Crippen LogP contribution < -0.4 is 0 Å². The number of rotatable bonds is 3. The van der Waals surface area contributed by atoms with Gasteiger partial charge in [0.15, 0.2) is 0 Å². The summed E-state index contributed by atoms with van der Waals surface area (Å²) < 4.78 is 0. The Labute approximate surface area is 114 Å². The van der Waals surface area contributed by atoms with Gasteiger partial charge < -0.3 is 5.11 Å². The number of likely N-dealkylation sites (tertiary alicyclic amines) is 1. The van der Waals surface area contributed by atoms with E-state index in [9.17, 15) is 4.79 Å². The van der Waals surface area contributed by atoms with E-state index in [-0.39, 0.29) is 5.56 Å². The second-order valence-electron chi connectivity index (χ2n) is 6.14. The van der Waals surface area contributed by atoms with Gasteiger partial charge in [-0.1, -0.05) is 13.8 Å². The molecule has 4 heteroatoms. The Balaban J connectivity index is 1.95. The summed E-state index contributed by atoms with van der Waals surface area (Å²) in [4.78, 5) is 17.4. The Hall–Kier alpha value is -1.42. The highest BCUT2D eigenvalue weighted by Crippen LogP contribution is 2.30. The van der Waals surface area contributed by atoms with Crippen molar-refractivity contribution in [3.8, 4) is 0 Å². The quantitative estimate of drug-likeness (QED) is 0.910. The molecule has 0 spiro atoms. The van der Waals surface area contributed by atoms with Crippen molar-refractivity contribution in [3.63, 3.8) is 0 Å². The van der Waals surface area contributed by atoms with Crippen LogP contribution in [0.5, 0.6) is 0 Å². The minimum absolute atomic E-state index is 0.251. The molecule has 1 aliphatic heterocycles. The monoisotopic (exact) mass is 262 g/mol. The van der Waals surface area contributed by atoms with Gasteiger partial charge in [-0.15, -0.1) is 0 Å². The molecule has 0 saturated carbocycles. The average Bonchev–Trinajstić information content (AvgIpc) is 2.52. The number of carboxylic acids is 1. The Morgan fingerprint density at radius 3 is 2.79 bits per heavy atom. The van der Waals surface area contributed by atoms with Crippen LogP contribution in [0.4, 0.5) is 0 Å². The maximum absolute atomic E-state index is 10.8. The van der Waals surface area contributed by atoms with E-state index in [2.05, 4.69) is 23.7 Å². The van der Waals surface area contributed by atoms with Gasteiger partial charge >= 0.3 is 5.97 Å². The summed E-state index contributed by atoms with van der Waals surface area (Å²) in [7, 11) is 0. The summed E-state index contributed by atoms with van der Waals surface area (Å²) >= 11 is 0. The van der Waals surface area contributed by atoms with E-state index in [1.54, 1.807) is 6.07 Å². The van der Waals surface area contributed by atoms with Gasteiger partial charge in [-0.25, -0.2) is 4.79 Å². The predicted octanol–water partition coefficient (Wildman–Crippen LogP) is 2.79. The van der Waals surface area contributed by atoms with Crippen molar-refractivity contribution < 1.29 is 9.90 Å². The molecule has 104 valence electrons. The summed E-state index contributed by atoms with van der Waals surface area (Å²) in [6, 6.07) is 3.45. The zero-order valence-electron chi connectivity index (χ0n) is 11.7. The summed E-state index contributed by atoms with van der Waals surface area (Å²) in [5.74, 6) is -0.921. The molecule has 2 heterocycles. The number of aromatic nitrogens is 1. The molecule has 1 aromatic heterocycles. The molecule has 1 saturated heterocycles. The Morgan fingerprint density at radius 1 is 1.37 bits per heavy atom. The molecule has 0 atom stereocenters. The van der Waals surface area contributed by atoms with E-state index in [1.807, 2.05) is 6.07 Å². The van der Waals surface area contributed by atoms with Crippen molar-refractivity contribution >= 4 is 5.97 Å². The molecular formula is C15H22N2O2. The lowest BCUT2D eigenvalue weighted by atomic mass is 9.85. The molecule has 1 aromatic rings. The fourth-order valence-electron chi connectivity index (χ4n) is 2.51. The third-order valence-corrected chi connectivity index (χ3v) is 3.89. The molecule has 0 unspecified atom stereocenters. The fraction of sp³-hybridized carbons (Fsp3) is 0.600. The van der Waals surface area contributed by atoms with Crippen LogP contribution in [-0.2, 0) is 6.54 Å². The van der Waals surface area contributed by atoms with Gasteiger partial charge in [0.1, 0.15) is 0 Å². The number of nitrogens with zero attached hydrogens (tertiary/aromatic N) is 2. The van der Waals surface area contributed by atoms with Crippen LogP contribution in [0.15, 0.2) is 18.3 Å². The number of carbonyl (C=O) groups is 1. The predicted molar refractivity (Wildman–Crippen MR) is 74.1 cm³/mol. The van der Waals surface area contributed by atoms with Gasteiger partial charge in [0.2, 0.25) is 0 Å². The van der Waals surface area contributed by atoms with Crippen LogP contribution >= 0.6 is 0 Å². The normalized spacial score (nSPS) is 19.9. The Kier molecular flexibility index (Phi) is 4.20. The second kappa shape index (κ2) is 5.70. The highest BCUT2D eigenvalue weighted by atomic mass is 16.4. The van der Waals surface area contributed by atoms with Crippen molar-refractivity contribution in [3.05, 3.63) is 29.6 Å². The fourth-order valence-corrected chi connectivity index (χ4v) is 2.51. The summed E-state index contributed by atoms with van der Waals surface area (Å²) in [6.45, 7) is 7.67. The first-order valence-electron chi connectivity index (χ1n) is 6.87. The molecule has 19 heavy (non-hydrogen) atoms. The van der Waals surface area contributed by atoms with Crippen LogP contribution in [-0.4, -0.2) is 34.0 Å². The highest BCUT2D eigenvalue weighted by molar-refractivity contribution is 5.87. The van der Waals surface area contributed by atoms with Gasteiger partial charge in [0, 0.05) is 12.7 Å². The van der Waals surface area contributed by atoms with Crippen molar-refractivity contribution in [2.24, 2.45) is 5.41 Å². The second-order valence-corrected chi connectivity index (χ2v) is 6.14. The Bertz CT molecular complexity index is 440. The van der Waals surface area contributed by atoms with Crippen LogP contribution in [0.1, 0.15) is 49.2 Å². The van der Waals surface area contributed by atoms with Gasteiger partial charge in [0.05, 0.1) is 11.3 Å². The lowest BCUT2D eigenvalue weighted by Gasteiger charge is -2.23. The van der Waals surface area contributed by atoms with Crippen molar-refractivity contribution in [1.82, 2.24) is 9.88 Å². The maximum Gasteiger partial charge on any atom is 0.337 e. The van der Waals surface area contributed by atoms with Gasteiger partial charge in [-0.3, -0.25) is 9.88 Å². The first-order valence-corrected chi connectivity index (χ1v) is 6.87. The van der Waals surface area contributed by atoms with E-state index in [0.717, 1.165) is 25.3 Å². The standard InChI is InChI=1S/C15H22N2O2/c1-15(2)6-3-8-17(9-7-15)11-13-5-4-12(10-16-13)14(18)19/h4-5,10H,3,6-9,11H2,1-2H3,(H,18,19). The van der Waals surface area contributed by atoms with Gasteiger partial charge in [-0.2, -0.15) is 0 Å². The molecule has 0 aliphatic carbocycles. The van der Waals surface area contributed by atoms with Crippen molar-refractivity contribution in [2.75, 3.05) is 13.1 Å². The number of hydrogen-bond donors (Lipinski definition) is 1. The molecule has 1 N–H and O–H groups in total. The van der Waals surface area contributed by atoms with E-state index < -0.39 is 5.97 Å². The minimum atomic E-state index is -0.921. The average molecular weight is 262 g/mol. The number of hydrogen-bond acceptors (Lipinski definition) is 3. The zero-order chi connectivity index (χ0) is 13.9. The SMILES string of the molecule is CC1(C)CCCN(Cc2ccc(C(=O)O)cn2)CC1. The third kappa shape index (κ3) is 4.03. The van der Waals surface area contributed by atoms with Crippen molar-refractivity contribution in [2.45, 2.75) is 39.7 Å². The van der Waals surface area contributed by atoms with Gasteiger partial charge in [0.25, 0.3) is 0 Å². The lowest BCUT2D eigenvalue weighted by Crippen LogP contribution is -2.25. The van der Waals surface area contributed by atoms with E-state index in [4.69, 9.17) is 5.11 Å². The first kappa shape index (κ1) is 14.0. The smallest absolute Gasteiger partial charge is 0.337 e. The molecule has 1 aliphatic rings. The summed E-state index contributed by atoms with van der Waals surface area (Å²) in [5.41, 5.74) is 1.64. The molecular weight excluding hydrogens is 240 g/mol. The lowest BCUT2D eigenvalue weighted by molar-refractivity contribution is 0.0696. The van der Waals surface area contributed by atoms with Crippen LogP contribution in [0.25, 0.3) is 0 Å². The first-order chi connectivity index (χ1) is 8.96. The van der Waals surface area contributed by atoms with Gasteiger partial charge in [-0.05, 0) is 49.9 Å².